The largest absolute Gasteiger partial charge is 0.388 e. The summed E-state index contributed by atoms with van der Waals surface area (Å²) >= 11 is 1.93. The molecule has 3 unspecified atom stereocenters. The Morgan fingerprint density at radius 2 is 2.35 bits per heavy atom. The van der Waals surface area contributed by atoms with Gasteiger partial charge in [0.1, 0.15) is 5.82 Å². The summed E-state index contributed by atoms with van der Waals surface area (Å²) in [4.78, 5) is 0. The number of hydrogen-bond acceptors (Lipinski definition) is 3. The van der Waals surface area contributed by atoms with E-state index in [9.17, 15) is 9.50 Å². The predicted octanol–water partition coefficient (Wildman–Crippen LogP) is 3.47. The lowest BCUT2D eigenvalue weighted by Crippen LogP contribution is -2.41. The third kappa shape index (κ3) is 2.74. The molecule has 1 aromatic carbocycles. The number of halogens is 1. The molecule has 2 aliphatic heterocycles. The van der Waals surface area contributed by atoms with Gasteiger partial charge in [-0.15, -0.1) is 0 Å². The smallest absolute Gasteiger partial charge is 0.126 e. The zero-order valence-electron chi connectivity index (χ0n) is 11.8. The summed E-state index contributed by atoms with van der Waals surface area (Å²) in [5.41, 5.74) is 1.27. The lowest BCUT2D eigenvalue weighted by atomic mass is 9.80. The molecule has 0 aromatic heterocycles. The van der Waals surface area contributed by atoms with E-state index in [1.165, 1.54) is 6.07 Å². The van der Waals surface area contributed by atoms with Gasteiger partial charge < -0.3 is 9.84 Å². The Labute approximate surface area is 123 Å². The van der Waals surface area contributed by atoms with Crippen molar-refractivity contribution in [2.24, 2.45) is 5.92 Å². The van der Waals surface area contributed by atoms with Crippen molar-refractivity contribution in [2.45, 2.75) is 37.9 Å². The molecule has 0 saturated carbocycles. The van der Waals surface area contributed by atoms with Gasteiger partial charge in [0.25, 0.3) is 0 Å². The molecule has 0 bridgehead atoms. The second-order valence-corrected chi connectivity index (χ2v) is 7.15. The van der Waals surface area contributed by atoms with E-state index in [4.69, 9.17) is 4.74 Å². The molecule has 2 aliphatic rings. The number of hydrogen-bond donors (Lipinski definition) is 1. The number of benzene rings is 1. The molecular weight excluding hydrogens is 275 g/mol. The molecule has 1 spiro atoms. The van der Waals surface area contributed by atoms with Gasteiger partial charge in [0.2, 0.25) is 0 Å². The Morgan fingerprint density at radius 3 is 3.05 bits per heavy atom. The second-order valence-electron chi connectivity index (χ2n) is 6.04. The van der Waals surface area contributed by atoms with Crippen LogP contribution in [-0.2, 0) is 4.74 Å². The first kappa shape index (κ1) is 14.4. The zero-order chi connectivity index (χ0) is 14.2. The van der Waals surface area contributed by atoms with Crippen molar-refractivity contribution < 1.29 is 14.2 Å². The van der Waals surface area contributed by atoms with Crippen LogP contribution in [0.5, 0.6) is 0 Å². The van der Waals surface area contributed by atoms with E-state index in [1.54, 1.807) is 13.0 Å². The van der Waals surface area contributed by atoms with Crippen LogP contribution in [0.15, 0.2) is 18.2 Å². The number of thioether (sulfide) groups is 1. The van der Waals surface area contributed by atoms with Crippen LogP contribution in [-0.4, -0.2) is 28.8 Å². The maximum absolute atomic E-state index is 13.7. The summed E-state index contributed by atoms with van der Waals surface area (Å²) < 4.78 is 19.6. The molecule has 1 N–H and O–H groups in total. The van der Waals surface area contributed by atoms with Crippen LogP contribution in [0.4, 0.5) is 4.39 Å². The Kier molecular flexibility index (Phi) is 4.07. The molecule has 2 heterocycles. The van der Waals surface area contributed by atoms with Crippen molar-refractivity contribution in [2.75, 3.05) is 18.1 Å². The molecule has 2 nitrogen and oxygen atoms in total. The molecule has 110 valence electrons. The van der Waals surface area contributed by atoms with Crippen LogP contribution in [0.2, 0.25) is 0 Å². The van der Waals surface area contributed by atoms with Crippen molar-refractivity contribution in [1.29, 1.82) is 0 Å². The average molecular weight is 296 g/mol. The van der Waals surface area contributed by atoms with E-state index in [-0.39, 0.29) is 17.3 Å². The molecule has 3 rings (SSSR count). The minimum Gasteiger partial charge on any atom is -0.388 e. The highest BCUT2D eigenvalue weighted by Crippen LogP contribution is 2.44. The number of rotatable bonds is 2. The van der Waals surface area contributed by atoms with Crippen LogP contribution in [0.1, 0.15) is 36.5 Å². The Bertz CT molecular complexity index is 485. The van der Waals surface area contributed by atoms with Crippen molar-refractivity contribution in [1.82, 2.24) is 0 Å². The Morgan fingerprint density at radius 1 is 1.50 bits per heavy atom. The highest BCUT2D eigenvalue weighted by molar-refractivity contribution is 7.99. The Hall–Kier alpha value is -0.580. The van der Waals surface area contributed by atoms with Gasteiger partial charge in [-0.1, -0.05) is 12.1 Å². The summed E-state index contributed by atoms with van der Waals surface area (Å²) in [5, 5.41) is 10.6. The average Bonchev–Trinajstić information content (AvgIpc) is 2.89. The third-order valence-electron chi connectivity index (χ3n) is 4.58. The highest BCUT2D eigenvalue weighted by Gasteiger charge is 2.42. The molecule has 20 heavy (non-hydrogen) atoms. The minimum atomic E-state index is -0.587. The van der Waals surface area contributed by atoms with Gasteiger partial charge in [0.15, 0.2) is 0 Å². The van der Waals surface area contributed by atoms with Crippen molar-refractivity contribution in [3.05, 3.63) is 35.1 Å². The first-order chi connectivity index (χ1) is 9.60. The van der Waals surface area contributed by atoms with Crippen LogP contribution in [0.3, 0.4) is 0 Å². The third-order valence-corrected chi connectivity index (χ3v) is 5.81. The molecular formula is C16H21FO2S. The number of ether oxygens (including phenoxy) is 1. The van der Waals surface area contributed by atoms with Gasteiger partial charge in [-0.2, -0.15) is 11.8 Å². The second kappa shape index (κ2) is 5.66. The first-order valence-corrected chi connectivity index (χ1v) is 8.41. The lowest BCUT2D eigenvalue weighted by molar-refractivity contribution is -0.102. The number of aryl methyl sites for hydroxylation is 1. The van der Waals surface area contributed by atoms with E-state index < -0.39 is 6.10 Å². The summed E-state index contributed by atoms with van der Waals surface area (Å²) in [6.45, 7) is 2.45. The van der Waals surface area contributed by atoms with E-state index >= 15 is 0 Å². The van der Waals surface area contributed by atoms with Gasteiger partial charge >= 0.3 is 0 Å². The summed E-state index contributed by atoms with van der Waals surface area (Å²) in [5.74, 6) is 2.10. The maximum Gasteiger partial charge on any atom is 0.126 e. The monoisotopic (exact) mass is 296 g/mol. The van der Waals surface area contributed by atoms with E-state index in [0.29, 0.717) is 17.7 Å². The predicted molar refractivity (Wildman–Crippen MR) is 79.4 cm³/mol. The quantitative estimate of drug-likeness (QED) is 0.906. The number of aliphatic hydroxyl groups excluding tert-OH is 1. The fourth-order valence-electron chi connectivity index (χ4n) is 3.26. The van der Waals surface area contributed by atoms with E-state index in [2.05, 4.69) is 0 Å². The first-order valence-electron chi connectivity index (χ1n) is 7.25. The molecule has 1 aromatic rings. The number of aliphatic hydroxyl groups is 1. The van der Waals surface area contributed by atoms with Crippen LogP contribution in [0, 0.1) is 18.7 Å². The molecule has 0 amide bonds. The molecule has 0 aliphatic carbocycles. The van der Waals surface area contributed by atoms with Gasteiger partial charge in [-0.25, -0.2) is 4.39 Å². The zero-order valence-corrected chi connectivity index (χ0v) is 12.6. The van der Waals surface area contributed by atoms with E-state index in [0.717, 1.165) is 30.8 Å². The van der Waals surface area contributed by atoms with Crippen LogP contribution >= 0.6 is 11.8 Å². The summed E-state index contributed by atoms with van der Waals surface area (Å²) in [6, 6.07) is 5.06. The molecule has 4 heteroatoms. The van der Waals surface area contributed by atoms with Crippen LogP contribution < -0.4 is 0 Å². The van der Waals surface area contributed by atoms with Crippen molar-refractivity contribution in [3.8, 4) is 0 Å². The highest BCUT2D eigenvalue weighted by atomic mass is 32.2. The molecule has 0 radical (unpaired) electrons. The summed E-state index contributed by atoms with van der Waals surface area (Å²) in [7, 11) is 0. The standard InChI is InChI=1S/C16H21FO2S/c1-11-2-3-12(8-14(11)17)15(18)13-4-6-19-16(9-13)5-7-20-10-16/h2-3,8,13,15,18H,4-7,9-10H2,1H3. The van der Waals surface area contributed by atoms with Gasteiger partial charge in [0.05, 0.1) is 11.7 Å². The fraction of sp³-hybridized carbons (Fsp3) is 0.625. The fourth-order valence-corrected chi connectivity index (χ4v) is 4.64. The molecule has 2 saturated heterocycles. The lowest BCUT2D eigenvalue weighted by Gasteiger charge is -2.39. The SMILES string of the molecule is Cc1ccc(C(O)C2CCOC3(CCSC3)C2)cc1F. The van der Waals surface area contributed by atoms with Crippen molar-refractivity contribution >= 4 is 11.8 Å². The Balaban J connectivity index is 1.75. The van der Waals surface area contributed by atoms with Gasteiger partial charge in [0, 0.05) is 12.4 Å². The van der Waals surface area contributed by atoms with Crippen molar-refractivity contribution in [3.63, 3.8) is 0 Å². The minimum absolute atomic E-state index is 0.0438. The van der Waals surface area contributed by atoms with E-state index in [1.807, 2.05) is 17.8 Å². The summed E-state index contributed by atoms with van der Waals surface area (Å²) in [6.07, 6.45) is 2.22. The topological polar surface area (TPSA) is 29.5 Å². The maximum atomic E-state index is 13.7. The van der Waals surface area contributed by atoms with Gasteiger partial charge in [-0.05, 0) is 55.1 Å². The molecule has 2 fully saturated rings. The van der Waals surface area contributed by atoms with Crippen LogP contribution in [0.25, 0.3) is 0 Å². The van der Waals surface area contributed by atoms with Gasteiger partial charge in [-0.3, -0.25) is 0 Å². The normalized spacial score (nSPS) is 31.6. The molecule has 3 atom stereocenters.